The number of aliphatic imine (C=N–C) groups is 1. The van der Waals surface area contributed by atoms with Gasteiger partial charge in [0.05, 0.1) is 24.8 Å². The molecule has 3 aromatic rings. The normalized spacial score (nSPS) is 15.9. The number of benzene rings is 3. The third-order valence-corrected chi connectivity index (χ3v) is 6.62. The minimum atomic E-state index is -0.0260. The highest BCUT2D eigenvalue weighted by atomic mass is 32.2. The van der Waals surface area contributed by atoms with Crippen LogP contribution >= 0.6 is 11.8 Å². The lowest BCUT2D eigenvalue weighted by Crippen LogP contribution is -2.30. The van der Waals surface area contributed by atoms with E-state index in [0.717, 1.165) is 29.7 Å². The van der Waals surface area contributed by atoms with E-state index >= 15 is 0 Å². The first-order chi connectivity index (χ1) is 16.6. The van der Waals surface area contributed by atoms with E-state index in [1.165, 1.54) is 17.3 Å². The molecule has 0 unspecified atom stereocenters. The van der Waals surface area contributed by atoms with Crippen LogP contribution in [0.15, 0.2) is 82.7 Å². The van der Waals surface area contributed by atoms with Gasteiger partial charge in [0.15, 0.2) is 16.7 Å². The minimum absolute atomic E-state index is 0.0260. The van der Waals surface area contributed by atoms with Crippen molar-refractivity contribution in [2.75, 3.05) is 20.8 Å². The maximum atomic E-state index is 13.4. The van der Waals surface area contributed by atoms with E-state index in [-0.39, 0.29) is 5.91 Å². The van der Waals surface area contributed by atoms with Crippen LogP contribution in [0.4, 0.5) is 5.69 Å². The Bertz CT molecular complexity index is 1210. The monoisotopic (exact) mass is 472 g/mol. The Kier molecular flexibility index (Phi) is 7.70. The van der Waals surface area contributed by atoms with Gasteiger partial charge in [0.1, 0.15) is 0 Å². The van der Waals surface area contributed by atoms with Crippen LogP contribution in [0.25, 0.3) is 6.08 Å². The molecule has 34 heavy (non-hydrogen) atoms. The molecule has 0 aliphatic carbocycles. The Morgan fingerprint density at radius 3 is 2.26 bits per heavy atom. The number of nitrogens with zero attached hydrogens (tertiary/aromatic N) is 2. The number of hydrogen-bond donors (Lipinski definition) is 0. The van der Waals surface area contributed by atoms with E-state index in [1.807, 2.05) is 73.7 Å². The zero-order valence-electron chi connectivity index (χ0n) is 19.7. The number of carbonyl (C=O) groups excluding carboxylic acids is 1. The first-order valence-corrected chi connectivity index (χ1v) is 12.0. The lowest BCUT2D eigenvalue weighted by Gasteiger charge is -2.15. The van der Waals surface area contributed by atoms with Gasteiger partial charge in [-0.25, -0.2) is 4.99 Å². The lowest BCUT2D eigenvalue weighted by atomic mass is 10.1. The molecule has 1 fully saturated rings. The average molecular weight is 473 g/mol. The highest BCUT2D eigenvalue weighted by Crippen LogP contribution is 2.37. The molecule has 1 heterocycles. The maximum Gasteiger partial charge on any atom is 0.266 e. The average Bonchev–Trinajstić information content (AvgIpc) is 3.15. The molecule has 0 atom stereocenters. The van der Waals surface area contributed by atoms with Crippen molar-refractivity contribution in [2.45, 2.75) is 19.8 Å². The van der Waals surface area contributed by atoms with Gasteiger partial charge in [-0.1, -0.05) is 48.5 Å². The highest BCUT2D eigenvalue weighted by molar-refractivity contribution is 8.18. The summed E-state index contributed by atoms with van der Waals surface area (Å²) < 4.78 is 10.9. The Hall–Kier alpha value is -3.51. The molecule has 1 amide bonds. The fourth-order valence-electron chi connectivity index (χ4n) is 3.78. The molecule has 0 aromatic heterocycles. The molecule has 0 bridgehead atoms. The summed E-state index contributed by atoms with van der Waals surface area (Å²) in [6, 6.07) is 23.9. The molecule has 3 aromatic carbocycles. The summed E-state index contributed by atoms with van der Waals surface area (Å²) in [5.41, 5.74) is 4.01. The number of thioether (sulfide) groups is 1. The van der Waals surface area contributed by atoms with Gasteiger partial charge >= 0.3 is 0 Å². The summed E-state index contributed by atoms with van der Waals surface area (Å²) in [4.78, 5) is 20.7. The van der Waals surface area contributed by atoms with Crippen LogP contribution in [0.3, 0.4) is 0 Å². The molecule has 5 nitrogen and oxygen atoms in total. The van der Waals surface area contributed by atoms with Crippen molar-refractivity contribution in [3.05, 3.63) is 94.4 Å². The first-order valence-electron chi connectivity index (χ1n) is 11.2. The highest BCUT2D eigenvalue weighted by Gasteiger charge is 2.33. The number of amides is 1. The lowest BCUT2D eigenvalue weighted by molar-refractivity contribution is -0.122. The molecule has 6 heteroatoms. The predicted molar refractivity (Wildman–Crippen MR) is 140 cm³/mol. The third-order valence-electron chi connectivity index (χ3n) is 5.62. The standard InChI is InChI=1S/C28H28N2O3S/c1-20-17-24(32-2)25(33-3)18-22(20)19-26-27(31)30(16-10-13-21-11-6-4-7-12-21)28(34-26)29-23-14-8-5-9-15-23/h4-9,11-12,14-15,17-19H,10,13,16H2,1-3H3. The number of carbonyl (C=O) groups is 1. The first kappa shape index (κ1) is 23.6. The van der Waals surface area contributed by atoms with Gasteiger partial charge in [-0.05, 0) is 78.6 Å². The largest absolute Gasteiger partial charge is 0.493 e. The van der Waals surface area contributed by atoms with Gasteiger partial charge in [-0.15, -0.1) is 0 Å². The summed E-state index contributed by atoms with van der Waals surface area (Å²) >= 11 is 1.41. The van der Waals surface area contributed by atoms with Crippen molar-refractivity contribution in [3.63, 3.8) is 0 Å². The number of ether oxygens (including phenoxy) is 2. The molecule has 1 aliphatic heterocycles. The SMILES string of the molecule is COc1cc(C)c(C=C2SC(=Nc3ccccc3)N(CCCc3ccccc3)C2=O)cc1OC. The van der Waals surface area contributed by atoms with Gasteiger partial charge in [-0.3, -0.25) is 9.69 Å². The van der Waals surface area contributed by atoms with Gasteiger partial charge < -0.3 is 9.47 Å². The minimum Gasteiger partial charge on any atom is -0.493 e. The van der Waals surface area contributed by atoms with Crippen LogP contribution < -0.4 is 9.47 Å². The van der Waals surface area contributed by atoms with Crippen LogP contribution in [-0.4, -0.2) is 36.7 Å². The second-order valence-corrected chi connectivity index (χ2v) is 8.96. The number of hydrogen-bond acceptors (Lipinski definition) is 5. The maximum absolute atomic E-state index is 13.4. The zero-order chi connectivity index (χ0) is 23.9. The van der Waals surface area contributed by atoms with E-state index in [1.54, 1.807) is 19.1 Å². The fourth-order valence-corrected chi connectivity index (χ4v) is 4.80. The van der Waals surface area contributed by atoms with Crippen LogP contribution in [0.1, 0.15) is 23.1 Å². The molecular weight excluding hydrogens is 444 g/mol. The van der Waals surface area contributed by atoms with Crippen molar-refractivity contribution >= 4 is 34.6 Å². The predicted octanol–water partition coefficient (Wildman–Crippen LogP) is 6.25. The number of rotatable bonds is 8. The van der Waals surface area contributed by atoms with Crippen molar-refractivity contribution in [1.29, 1.82) is 0 Å². The van der Waals surface area contributed by atoms with E-state index in [9.17, 15) is 4.79 Å². The Morgan fingerprint density at radius 2 is 1.59 bits per heavy atom. The number of para-hydroxylation sites is 1. The Labute approximate surface area is 205 Å². The zero-order valence-corrected chi connectivity index (χ0v) is 20.5. The molecule has 1 aliphatic rings. The van der Waals surface area contributed by atoms with E-state index in [0.29, 0.717) is 28.1 Å². The van der Waals surface area contributed by atoms with E-state index in [4.69, 9.17) is 14.5 Å². The van der Waals surface area contributed by atoms with Gasteiger partial charge in [0, 0.05) is 6.54 Å². The Morgan fingerprint density at radius 1 is 0.941 bits per heavy atom. The quantitative estimate of drug-likeness (QED) is 0.364. The summed E-state index contributed by atoms with van der Waals surface area (Å²) in [7, 11) is 3.23. The molecule has 0 saturated carbocycles. The van der Waals surface area contributed by atoms with Crippen molar-refractivity contribution in [1.82, 2.24) is 4.90 Å². The molecule has 0 N–H and O–H groups in total. The second kappa shape index (κ2) is 11.1. The van der Waals surface area contributed by atoms with Crippen LogP contribution in [0.2, 0.25) is 0 Å². The molecule has 0 spiro atoms. The van der Waals surface area contributed by atoms with Crippen molar-refractivity contribution in [2.24, 2.45) is 4.99 Å². The van der Waals surface area contributed by atoms with Crippen molar-refractivity contribution in [3.8, 4) is 11.5 Å². The number of amidine groups is 1. The molecule has 1 saturated heterocycles. The van der Waals surface area contributed by atoms with Gasteiger partial charge in [-0.2, -0.15) is 0 Å². The summed E-state index contributed by atoms with van der Waals surface area (Å²) in [5, 5.41) is 0.702. The third kappa shape index (κ3) is 5.51. The van der Waals surface area contributed by atoms with Crippen LogP contribution in [0.5, 0.6) is 11.5 Å². The molecular formula is C28H28N2O3S. The molecule has 4 rings (SSSR count). The smallest absolute Gasteiger partial charge is 0.266 e. The molecule has 0 radical (unpaired) electrons. The number of aryl methyl sites for hydroxylation is 2. The number of methoxy groups -OCH3 is 2. The van der Waals surface area contributed by atoms with Crippen LogP contribution in [0, 0.1) is 6.92 Å². The van der Waals surface area contributed by atoms with Gasteiger partial charge in [0.2, 0.25) is 0 Å². The van der Waals surface area contributed by atoms with E-state index < -0.39 is 0 Å². The summed E-state index contributed by atoms with van der Waals surface area (Å²) in [6.45, 7) is 2.60. The summed E-state index contributed by atoms with van der Waals surface area (Å²) in [5.74, 6) is 1.27. The second-order valence-electron chi connectivity index (χ2n) is 7.95. The Balaban J connectivity index is 1.62. The van der Waals surface area contributed by atoms with E-state index in [2.05, 4.69) is 12.1 Å². The summed E-state index contributed by atoms with van der Waals surface area (Å²) in [6.07, 6.45) is 3.68. The van der Waals surface area contributed by atoms with Gasteiger partial charge in [0.25, 0.3) is 5.91 Å². The molecule has 174 valence electrons. The fraction of sp³-hybridized carbons (Fsp3) is 0.214. The van der Waals surface area contributed by atoms with Crippen molar-refractivity contribution < 1.29 is 14.3 Å². The topological polar surface area (TPSA) is 51.1 Å². The van der Waals surface area contributed by atoms with Crippen LogP contribution in [-0.2, 0) is 11.2 Å².